The van der Waals surface area contributed by atoms with Crippen LogP contribution in [-0.2, 0) is 6.54 Å². The molecule has 94 valence electrons. The fourth-order valence-electron chi connectivity index (χ4n) is 1.58. The fourth-order valence-corrected chi connectivity index (χ4v) is 2.77. The van der Waals surface area contributed by atoms with Crippen LogP contribution in [0.3, 0.4) is 0 Å². The monoisotopic (exact) mass is 327 g/mol. The quantitative estimate of drug-likeness (QED) is 0.836. The van der Waals surface area contributed by atoms with Gasteiger partial charge in [-0.1, -0.05) is 12.1 Å². The molecule has 1 amide bonds. The molecule has 0 saturated carbocycles. The topological polar surface area (TPSA) is 20.3 Å². The minimum Gasteiger partial charge on any atom is -0.337 e. The molecule has 1 aromatic carbocycles. The summed E-state index contributed by atoms with van der Waals surface area (Å²) in [4.78, 5) is 14.8. The number of benzene rings is 1. The molecule has 0 spiro atoms. The van der Waals surface area contributed by atoms with Crippen LogP contribution in [0.25, 0.3) is 0 Å². The highest BCUT2D eigenvalue weighted by Gasteiger charge is 2.17. The molecule has 5 heteroatoms. The summed E-state index contributed by atoms with van der Waals surface area (Å²) in [7, 11) is 1.71. The molecule has 2 rings (SSSR count). The number of hydrogen-bond donors (Lipinski definition) is 0. The Hall–Kier alpha value is -1.20. The van der Waals surface area contributed by atoms with E-state index in [1.165, 1.54) is 12.1 Å². The molecule has 0 aliphatic rings. The third-order valence-electron chi connectivity index (χ3n) is 2.50. The number of carbonyl (C=O) groups excluding carboxylic acids is 1. The average Bonchev–Trinajstić information content (AvgIpc) is 2.84. The molecule has 2 nitrogen and oxygen atoms in total. The van der Waals surface area contributed by atoms with Crippen molar-refractivity contribution in [2.45, 2.75) is 6.54 Å². The van der Waals surface area contributed by atoms with Gasteiger partial charge in [-0.15, -0.1) is 11.3 Å². The highest BCUT2D eigenvalue weighted by molar-refractivity contribution is 9.10. The zero-order chi connectivity index (χ0) is 13.1. The number of rotatable bonds is 3. The fraction of sp³-hybridized carbons (Fsp3) is 0.154. The van der Waals surface area contributed by atoms with Gasteiger partial charge in [0.25, 0.3) is 5.91 Å². The van der Waals surface area contributed by atoms with Crippen molar-refractivity contribution in [3.63, 3.8) is 0 Å². The number of nitrogens with zero attached hydrogens (tertiary/aromatic N) is 1. The Balaban J connectivity index is 2.18. The first kappa shape index (κ1) is 13.2. The molecule has 0 bridgehead atoms. The van der Waals surface area contributed by atoms with Crippen molar-refractivity contribution < 1.29 is 9.18 Å². The third-order valence-corrected chi connectivity index (χ3v) is 4.17. The van der Waals surface area contributed by atoms with Crippen LogP contribution in [-0.4, -0.2) is 17.9 Å². The maximum absolute atomic E-state index is 13.4. The van der Waals surface area contributed by atoms with Gasteiger partial charge in [-0.05, 0) is 39.5 Å². The molecular weight excluding hydrogens is 317 g/mol. The smallest absolute Gasteiger partial charge is 0.255 e. The van der Waals surface area contributed by atoms with Crippen LogP contribution in [0.15, 0.2) is 40.2 Å². The molecule has 2 aromatic rings. The van der Waals surface area contributed by atoms with E-state index in [-0.39, 0.29) is 10.4 Å². The van der Waals surface area contributed by atoms with Gasteiger partial charge in [0, 0.05) is 11.9 Å². The lowest BCUT2D eigenvalue weighted by molar-refractivity contribution is 0.0785. The first-order chi connectivity index (χ1) is 8.59. The van der Waals surface area contributed by atoms with E-state index < -0.39 is 5.82 Å². The van der Waals surface area contributed by atoms with Crippen LogP contribution in [0.5, 0.6) is 0 Å². The van der Waals surface area contributed by atoms with Gasteiger partial charge in [0.2, 0.25) is 0 Å². The van der Waals surface area contributed by atoms with Gasteiger partial charge < -0.3 is 4.90 Å². The lowest BCUT2D eigenvalue weighted by Gasteiger charge is -2.17. The van der Waals surface area contributed by atoms with Crippen molar-refractivity contribution in [3.8, 4) is 0 Å². The molecular formula is C13H11BrFNOS. The van der Waals surface area contributed by atoms with Crippen molar-refractivity contribution in [3.05, 3.63) is 56.4 Å². The highest BCUT2D eigenvalue weighted by atomic mass is 79.9. The Morgan fingerprint density at radius 2 is 2.17 bits per heavy atom. The number of carbonyl (C=O) groups is 1. The van der Waals surface area contributed by atoms with E-state index in [9.17, 15) is 9.18 Å². The largest absolute Gasteiger partial charge is 0.337 e. The maximum Gasteiger partial charge on any atom is 0.255 e. The van der Waals surface area contributed by atoms with Gasteiger partial charge in [-0.3, -0.25) is 4.79 Å². The van der Waals surface area contributed by atoms with Crippen LogP contribution < -0.4 is 0 Å². The van der Waals surface area contributed by atoms with Gasteiger partial charge in [-0.25, -0.2) is 4.39 Å². The predicted octanol–water partition coefficient (Wildman–Crippen LogP) is 3.92. The molecule has 0 aliphatic carbocycles. The van der Waals surface area contributed by atoms with E-state index in [0.29, 0.717) is 12.1 Å². The van der Waals surface area contributed by atoms with Crippen LogP contribution in [0.2, 0.25) is 0 Å². The Labute approximate surface area is 117 Å². The zero-order valence-electron chi connectivity index (χ0n) is 9.69. The summed E-state index contributed by atoms with van der Waals surface area (Å²) in [6, 6.07) is 8.37. The van der Waals surface area contributed by atoms with Crippen molar-refractivity contribution in [2.24, 2.45) is 0 Å². The number of hydrogen-bond acceptors (Lipinski definition) is 2. The van der Waals surface area contributed by atoms with Crippen LogP contribution >= 0.6 is 27.3 Å². The van der Waals surface area contributed by atoms with Crippen molar-refractivity contribution in [1.82, 2.24) is 4.90 Å². The second-order valence-corrected chi connectivity index (χ2v) is 5.67. The van der Waals surface area contributed by atoms with E-state index in [2.05, 4.69) is 15.9 Å². The van der Waals surface area contributed by atoms with Gasteiger partial charge in [0.1, 0.15) is 5.82 Å². The SMILES string of the molecule is CN(Cc1cccs1)C(=O)c1cccc(F)c1Br. The van der Waals surface area contributed by atoms with Gasteiger partial charge in [0.15, 0.2) is 0 Å². The lowest BCUT2D eigenvalue weighted by atomic mass is 10.2. The lowest BCUT2D eigenvalue weighted by Crippen LogP contribution is -2.26. The Kier molecular flexibility index (Phi) is 4.14. The summed E-state index contributed by atoms with van der Waals surface area (Å²) in [6.45, 7) is 0.527. The second-order valence-electron chi connectivity index (χ2n) is 3.84. The molecule has 0 unspecified atom stereocenters. The van der Waals surface area contributed by atoms with Crippen LogP contribution in [0.1, 0.15) is 15.2 Å². The van der Waals surface area contributed by atoms with Crippen molar-refractivity contribution in [2.75, 3.05) is 7.05 Å². The van der Waals surface area contributed by atoms with Gasteiger partial charge in [0.05, 0.1) is 16.6 Å². The van der Waals surface area contributed by atoms with E-state index in [0.717, 1.165) is 4.88 Å². The first-order valence-corrected chi connectivity index (χ1v) is 6.98. The molecule has 0 N–H and O–H groups in total. The summed E-state index contributed by atoms with van der Waals surface area (Å²) in [5, 5.41) is 1.96. The van der Waals surface area contributed by atoms with Gasteiger partial charge in [-0.2, -0.15) is 0 Å². The van der Waals surface area contributed by atoms with Crippen LogP contribution in [0.4, 0.5) is 4.39 Å². The molecule has 0 fully saturated rings. The summed E-state index contributed by atoms with van der Waals surface area (Å²) in [5.41, 5.74) is 0.342. The summed E-state index contributed by atoms with van der Waals surface area (Å²) < 4.78 is 13.6. The Morgan fingerprint density at radius 3 is 2.83 bits per heavy atom. The molecule has 1 heterocycles. The Bertz CT molecular complexity index is 556. The average molecular weight is 328 g/mol. The summed E-state index contributed by atoms with van der Waals surface area (Å²) in [6.07, 6.45) is 0. The van der Waals surface area contributed by atoms with E-state index in [1.807, 2.05) is 17.5 Å². The van der Waals surface area contributed by atoms with E-state index in [1.54, 1.807) is 29.4 Å². The zero-order valence-corrected chi connectivity index (χ0v) is 12.1. The Morgan fingerprint density at radius 1 is 1.39 bits per heavy atom. The molecule has 18 heavy (non-hydrogen) atoms. The minimum absolute atomic E-state index is 0.199. The summed E-state index contributed by atoms with van der Waals surface area (Å²) in [5.74, 6) is -0.625. The van der Waals surface area contributed by atoms with E-state index >= 15 is 0 Å². The minimum atomic E-state index is -0.426. The number of thiophene rings is 1. The standard InChI is InChI=1S/C13H11BrFNOS/c1-16(8-9-4-3-7-18-9)13(17)10-5-2-6-11(15)12(10)14/h2-7H,8H2,1H3. The maximum atomic E-state index is 13.4. The molecule has 0 radical (unpaired) electrons. The molecule has 0 aliphatic heterocycles. The highest BCUT2D eigenvalue weighted by Crippen LogP contribution is 2.22. The summed E-state index contributed by atoms with van der Waals surface area (Å²) >= 11 is 4.70. The van der Waals surface area contributed by atoms with Crippen molar-refractivity contribution >= 4 is 33.2 Å². The van der Waals surface area contributed by atoms with Gasteiger partial charge >= 0.3 is 0 Å². The van der Waals surface area contributed by atoms with Crippen molar-refractivity contribution in [1.29, 1.82) is 0 Å². The predicted molar refractivity (Wildman–Crippen MR) is 74.2 cm³/mol. The first-order valence-electron chi connectivity index (χ1n) is 5.31. The number of halogens is 2. The van der Waals surface area contributed by atoms with E-state index in [4.69, 9.17) is 0 Å². The van der Waals surface area contributed by atoms with Crippen LogP contribution in [0, 0.1) is 5.82 Å². The molecule has 0 saturated heterocycles. The second kappa shape index (κ2) is 5.63. The normalized spacial score (nSPS) is 10.4. The third kappa shape index (κ3) is 2.79. The molecule has 1 aromatic heterocycles. The molecule has 0 atom stereocenters. The number of amides is 1.